The summed E-state index contributed by atoms with van der Waals surface area (Å²) in [6.07, 6.45) is -1.27. The zero-order chi connectivity index (χ0) is 15.6. The summed E-state index contributed by atoms with van der Waals surface area (Å²) in [5.74, 6) is -2.02. The second-order valence-electron chi connectivity index (χ2n) is 4.60. The summed E-state index contributed by atoms with van der Waals surface area (Å²) in [5.41, 5.74) is 5.87. The van der Waals surface area contributed by atoms with Crippen molar-refractivity contribution in [3.05, 3.63) is 68.7 Å². The summed E-state index contributed by atoms with van der Waals surface area (Å²) in [4.78, 5) is 0. The van der Waals surface area contributed by atoms with E-state index in [1.165, 1.54) is 24.3 Å². The molecule has 0 saturated heterocycles. The first-order chi connectivity index (χ1) is 9.95. The molecule has 0 aliphatic carbocycles. The van der Waals surface area contributed by atoms with Crippen LogP contribution in [0.25, 0.3) is 0 Å². The van der Waals surface area contributed by atoms with Gasteiger partial charge in [0.25, 0.3) is 0 Å². The number of halogens is 4. The molecule has 2 nitrogen and oxygen atoms in total. The van der Waals surface area contributed by atoms with Gasteiger partial charge in [0.2, 0.25) is 0 Å². The predicted molar refractivity (Wildman–Crippen MR) is 82.3 cm³/mol. The third kappa shape index (κ3) is 3.43. The summed E-state index contributed by atoms with van der Waals surface area (Å²) >= 11 is 8.88. The van der Waals surface area contributed by atoms with E-state index in [9.17, 15) is 13.9 Å². The van der Waals surface area contributed by atoms with Gasteiger partial charge in [-0.1, -0.05) is 45.7 Å². The Morgan fingerprint density at radius 1 is 1.19 bits per heavy atom. The molecule has 2 unspecified atom stereocenters. The van der Waals surface area contributed by atoms with Crippen LogP contribution in [0.2, 0.25) is 5.02 Å². The van der Waals surface area contributed by atoms with Gasteiger partial charge in [0.15, 0.2) is 0 Å². The molecule has 2 atom stereocenters. The summed E-state index contributed by atoms with van der Waals surface area (Å²) in [6, 6.07) is 8.73. The standard InChI is InChI=1S/C15H13BrClF2NO/c16-8-4-5-10(13(18)6-8)15(21)11(7-20)9-2-1-3-12(17)14(9)19/h1-6,11,15,21H,7,20H2. The van der Waals surface area contributed by atoms with Crippen molar-refractivity contribution in [3.63, 3.8) is 0 Å². The number of rotatable bonds is 4. The fourth-order valence-corrected chi connectivity index (χ4v) is 2.71. The lowest BCUT2D eigenvalue weighted by atomic mass is 9.88. The molecule has 0 aliphatic heterocycles. The fraction of sp³-hybridized carbons (Fsp3) is 0.200. The number of aliphatic hydroxyl groups excluding tert-OH is 1. The van der Waals surface area contributed by atoms with Crippen molar-refractivity contribution in [2.24, 2.45) is 5.73 Å². The number of nitrogens with two attached hydrogens (primary N) is 1. The van der Waals surface area contributed by atoms with Crippen molar-refractivity contribution < 1.29 is 13.9 Å². The van der Waals surface area contributed by atoms with E-state index in [0.29, 0.717) is 4.47 Å². The Bertz CT molecular complexity index is 654. The van der Waals surface area contributed by atoms with E-state index in [0.717, 1.165) is 0 Å². The van der Waals surface area contributed by atoms with Gasteiger partial charge in [-0.3, -0.25) is 0 Å². The molecule has 112 valence electrons. The lowest BCUT2D eigenvalue weighted by Gasteiger charge is -2.23. The van der Waals surface area contributed by atoms with Crippen LogP contribution in [0.5, 0.6) is 0 Å². The first-order valence-electron chi connectivity index (χ1n) is 6.22. The van der Waals surface area contributed by atoms with Gasteiger partial charge in [-0.05, 0) is 23.8 Å². The maximum absolute atomic E-state index is 14.1. The van der Waals surface area contributed by atoms with Crippen molar-refractivity contribution in [1.82, 2.24) is 0 Å². The molecule has 0 aromatic heterocycles. The second kappa shape index (κ2) is 6.83. The Morgan fingerprint density at radius 2 is 1.90 bits per heavy atom. The smallest absolute Gasteiger partial charge is 0.145 e. The zero-order valence-electron chi connectivity index (χ0n) is 10.9. The van der Waals surface area contributed by atoms with Gasteiger partial charge in [-0.2, -0.15) is 0 Å². The van der Waals surface area contributed by atoms with Gasteiger partial charge in [0.05, 0.1) is 11.1 Å². The summed E-state index contributed by atoms with van der Waals surface area (Å²) < 4.78 is 28.6. The van der Waals surface area contributed by atoms with E-state index in [2.05, 4.69) is 15.9 Å². The van der Waals surface area contributed by atoms with E-state index in [4.69, 9.17) is 17.3 Å². The van der Waals surface area contributed by atoms with Crippen molar-refractivity contribution in [2.45, 2.75) is 12.0 Å². The maximum atomic E-state index is 14.1. The molecule has 0 radical (unpaired) electrons. The second-order valence-corrected chi connectivity index (χ2v) is 5.92. The molecule has 0 amide bonds. The van der Waals surface area contributed by atoms with Crippen LogP contribution >= 0.6 is 27.5 Å². The minimum Gasteiger partial charge on any atom is -0.388 e. The van der Waals surface area contributed by atoms with Gasteiger partial charge in [0, 0.05) is 22.5 Å². The SMILES string of the molecule is NCC(c1cccc(Cl)c1F)C(O)c1ccc(Br)cc1F. The zero-order valence-corrected chi connectivity index (χ0v) is 13.2. The van der Waals surface area contributed by atoms with Crippen molar-refractivity contribution in [3.8, 4) is 0 Å². The number of hydrogen-bond acceptors (Lipinski definition) is 2. The van der Waals surface area contributed by atoms with E-state index in [1.54, 1.807) is 12.1 Å². The van der Waals surface area contributed by atoms with Gasteiger partial charge < -0.3 is 10.8 Å². The Balaban J connectivity index is 2.43. The highest BCUT2D eigenvalue weighted by atomic mass is 79.9. The van der Waals surface area contributed by atoms with Gasteiger partial charge in [0.1, 0.15) is 11.6 Å². The first-order valence-corrected chi connectivity index (χ1v) is 7.39. The molecule has 0 saturated carbocycles. The van der Waals surface area contributed by atoms with Crippen molar-refractivity contribution in [1.29, 1.82) is 0 Å². The maximum Gasteiger partial charge on any atom is 0.145 e. The van der Waals surface area contributed by atoms with Crippen LogP contribution in [0.15, 0.2) is 40.9 Å². The fourth-order valence-electron chi connectivity index (χ4n) is 2.19. The summed E-state index contributed by atoms with van der Waals surface area (Å²) in [6.45, 7) is -0.0477. The molecular formula is C15H13BrClF2NO. The highest BCUT2D eigenvalue weighted by Gasteiger charge is 2.27. The van der Waals surface area contributed by atoms with Crippen LogP contribution < -0.4 is 5.73 Å². The quantitative estimate of drug-likeness (QED) is 0.842. The molecule has 2 aromatic carbocycles. The lowest BCUT2D eigenvalue weighted by Crippen LogP contribution is -2.22. The molecule has 0 fully saturated rings. The van der Waals surface area contributed by atoms with Gasteiger partial charge in [-0.25, -0.2) is 8.78 Å². The van der Waals surface area contributed by atoms with Crippen molar-refractivity contribution in [2.75, 3.05) is 6.54 Å². The van der Waals surface area contributed by atoms with Crippen molar-refractivity contribution >= 4 is 27.5 Å². The van der Waals surface area contributed by atoms with Crippen LogP contribution in [0.1, 0.15) is 23.1 Å². The van der Waals surface area contributed by atoms with E-state index in [1.807, 2.05) is 0 Å². The minimum atomic E-state index is -1.27. The molecule has 2 aromatic rings. The van der Waals surface area contributed by atoms with Gasteiger partial charge >= 0.3 is 0 Å². The largest absolute Gasteiger partial charge is 0.388 e. The lowest BCUT2D eigenvalue weighted by molar-refractivity contribution is 0.141. The minimum absolute atomic E-state index is 0.0477. The molecule has 2 rings (SSSR count). The number of aliphatic hydroxyl groups is 1. The highest BCUT2D eigenvalue weighted by Crippen LogP contribution is 2.35. The van der Waals surface area contributed by atoms with E-state index in [-0.39, 0.29) is 22.7 Å². The Kier molecular flexibility index (Phi) is 5.32. The van der Waals surface area contributed by atoms with E-state index < -0.39 is 23.7 Å². The van der Waals surface area contributed by atoms with Gasteiger partial charge in [-0.15, -0.1) is 0 Å². The first kappa shape index (κ1) is 16.4. The molecule has 0 spiro atoms. The topological polar surface area (TPSA) is 46.2 Å². The molecule has 0 heterocycles. The molecule has 0 aliphatic rings. The summed E-state index contributed by atoms with van der Waals surface area (Å²) in [7, 11) is 0. The molecular weight excluding hydrogens is 364 g/mol. The third-order valence-electron chi connectivity index (χ3n) is 3.30. The molecule has 6 heteroatoms. The predicted octanol–water partition coefficient (Wildman–Crippen LogP) is 4.16. The highest BCUT2D eigenvalue weighted by molar-refractivity contribution is 9.10. The molecule has 3 N–H and O–H groups in total. The monoisotopic (exact) mass is 375 g/mol. The third-order valence-corrected chi connectivity index (χ3v) is 4.08. The normalized spacial score (nSPS) is 14.0. The van der Waals surface area contributed by atoms with Crippen LogP contribution in [0.3, 0.4) is 0 Å². The number of benzene rings is 2. The summed E-state index contributed by atoms with van der Waals surface area (Å²) in [5, 5.41) is 10.3. The van der Waals surface area contributed by atoms with Crippen LogP contribution in [-0.2, 0) is 0 Å². The van der Waals surface area contributed by atoms with Crippen LogP contribution in [0, 0.1) is 11.6 Å². The Morgan fingerprint density at radius 3 is 2.52 bits per heavy atom. The Hall–Kier alpha value is -1.01. The number of hydrogen-bond donors (Lipinski definition) is 2. The molecule has 21 heavy (non-hydrogen) atoms. The average molecular weight is 377 g/mol. The van der Waals surface area contributed by atoms with E-state index >= 15 is 0 Å². The average Bonchev–Trinajstić information content (AvgIpc) is 2.44. The van der Waals surface area contributed by atoms with Crippen LogP contribution in [-0.4, -0.2) is 11.7 Å². The molecule has 0 bridgehead atoms. The Labute approximate surface area is 134 Å². The van der Waals surface area contributed by atoms with Crippen LogP contribution in [0.4, 0.5) is 8.78 Å².